The fourth-order valence-electron chi connectivity index (χ4n) is 8.22. The molecule has 0 spiro atoms. The van der Waals surface area contributed by atoms with Gasteiger partial charge in [0.05, 0.1) is 30.6 Å². The molecule has 21 heteroatoms. The number of amides is 6. The van der Waals surface area contributed by atoms with E-state index in [1.54, 1.807) is 55.4 Å². The van der Waals surface area contributed by atoms with Crippen LogP contribution in [0.1, 0.15) is 120 Å². The summed E-state index contributed by atoms with van der Waals surface area (Å²) in [7, 11) is 2.39. The van der Waals surface area contributed by atoms with E-state index < -0.39 is 88.7 Å². The zero-order chi connectivity index (χ0) is 56.6. The molecule has 3 aromatic carbocycles. The minimum Gasteiger partial charge on any atom is -0.504 e. The largest absolute Gasteiger partial charge is 0.504 e. The lowest BCUT2D eigenvalue weighted by Gasteiger charge is -2.33. The number of halogens is 1. The number of carbonyl (C=O) groups excluding carboxylic acids is 7. The lowest BCUT2D eigenvalue weighted by molar-refractivity contribution is -0.145. The molecular weight excluding hydrogens is 984 g/mol. The van der Waals surface area contributed by atoms with Crippen molar-refractivity contribution in [1.82, 2.24) is 41.5 Å². The summed E-state index contributed by atoms with van der Waals surface area (Å²) in [4.78, 5) is 107. The molecule has 6 amide bonds. The van der Waals surface area contributed by atoms with Crippen molar-refractivity contribution in [2.24, 2.45) is 0 Å². The van der Waals surface area contributed by atoms with E-state index in [1.807, 2.05) is 24.3 Å². The number of carbonyl (C=O) groups is 7. The molecule has 2 heterocycles. The zero-order valence-corrected chi connectivity index (χ0v) is 45.7. The number of nitrogens with zero attached hydrogens (tertiary/aromatic N) is 3. The van der Waals surface area contributed by atoms with E-state index in [0.717, 1.165) is 29.2 Å². The molecule has 4 aromatic rings. The number of ether oxygens (including phenoxy) is 4. The first-order chi connectivity index (χ1) is 35.4. The van der Waals surface area contributed by atoms with Gasteiger partial charge in [-0.1, -0.05) is 51.1 Å². The van der Waals surface area contributed by atoms with Crippen molar-refractivity contribution in [2.45, 2.75) is 137 Å². The monoisotopic (exact) mass is 1050 g/mol. The molecule has 1 aliphatic rings. The molecule has 0 aliphatic carbocycles. The van der Waals surface area contributed by atoms with Crippen LogP contribution in [0.4, 0.5) is 14.0 Å². The minimum absolute atomic E-state index is 0.0152. The van der Waals surface area contributed by atoms with Crippen LogP contribution in [0.3, 0.4) is 0 Å². The highest BCUT2D eigenvalue weighted by Crippen LogP contribution is 2.41. The molecule has 20 nitrogen and oxygen atoms in total. The number of esters is 1. The number of methoxy groups -OCH3 is 1. The van der Waals surface area contributed by atoms with Gasteiger partial charge in [0.15, 0.2) is 17.4 Å². The first-order valence-electron chi connectivity index (χ1n) is 24.8. The molecule has 5 rings (SSSR count). The minimum atomic E-state index is -1.65. The van der Waals surface area contributed by atoms with Crippen molar-refractivity contribution >= 4 is 41.8 Å². The number of nitrogens with one attached hydrogen (secondary N) is 5. The Kier molecular flexibility index (Phi) is 18.8. The van der Waals surface area contributed by atoms with Gasteiger partial charge >= 0.3 is 18.2 Å². The average molecular weight is 1060 g/mol. The number of likely N-dealkylation sites (N-methyl/N-ethyl adjacent to an activating group) is 1. The van der Waals surface area contributed by atoms with Crippen LogP contribution < -0.4 is 31.3 Å². The molecule has 76 heavy (non-hydrogen) atoms. The molecule has 0 fully saturated rings. The molecule has 410 valence electrons. The number of aromatic nitrogens is 2. The third kappa shape index (κ3) is 15.6. The Balaban J connectivity index is 1.61. The molecule has 0 saturated heterocycles. The van der Waals surface area contributed by atoms with Gasteiger partial charge < -0.3 is 55.5 Å². The first kappa shape index (κ1) is 59.0. The molecule has 4 bridgehead atoms. The van der Waals surface area contributed by atoms with Crippen molar-refractivity contribution in [1.29, 1.82) is 0 Å². The Morgan fingerprint density at radius 1 is 0.816 bits per heavy atom. The molecule has 0 unspecified atom stereocenters. The maximum absolute atomic E-state index is 15.9. The molecule has 0 saturated carbocycles. The first-order valence-corrected chi connectivity index (χ1v) is 24.8. The van der Waals surface area contributed by atoms with Crippen LogP contribution in [0.25, 0.3) is 22.5 Å². The van der Waals surface area contributed by atoms with Crippen molar-refractivity contribution in [3.05, 3.63) is 94.1 Å². The Morgan fingerprint density at radius 2 is 1.41 bits per heavy atom. The van der Waals surface area contributed by atoms with E-state index in [9.17, 15) is 33.9 Å². The third-order valence-corrected chi connectivity index (χ3v) is 11.9. The Labute approximate surface area is 442 Å². The van der Waals surface area contributed by atoms with E-state index in [0.29, 0.717) is 17.2 Å². The Morgan fingerprint density at radius 3 is 1.97 bits per heavy atom. The molecule has 1 aromatic heterocycles. The predicted molar refractivity (Wildman–Crippen MR) is 280 cm³/mol. The van der Waals surface area contributed by atoms with Gasteiger partial charge in [-0.3, -0.25) is 19.2 Å². The average Bonchev–Trinajstić information content (AvgIpc) is 3.31. The van der Waals surface area contributed by atoms with E-state index in [2.05, 4.69) is 57.3 Å². The number of aryl methyl sites for hydroxylation is 2. The van der Waals surface area contributed by atoms with Crippen LogP contribution >= 0.6 is 0 Å². The number of rotatable bonds is 13. The van der Waals surface area contributed by atoms with Gasteiger partial charge in [0, 0.05) is 36.7 Å². The summed E-state index contributed by atoms with van der Waals surface area (Å²) in [5.74, 6) is -5.77. The number of phenolic OH excluding ortho intramolecular Hbond substituents is 1. The highest BCUT2D eigenvalue weighted by atomic mass is 19.1. The van der Waals surface area contributed by atoms with Crippen molar-refractivity contribution in [2.75, 3.05) is 33.9 Å². The fourth-order valence-corrected chi connectivity index (χ4v) is 8.22. The third-order valence-electron chi connectivity index (χ3n) is 11.9. The molecular formula is C55H71FN8O12. The topological polar surface area (TPSA) is 266 Å². The molecule has 1 aliphatic heterocycles. The molecule has 6 N–H and O–H groups in total. The summed E-state index contributed by atoms with van der Waals surface area (Å²) in [6, 6.07) is 8.52. The standard InChI is InChI=1S/C55H71FN8O12/c1-29-42(30(2)60-45(59-29)33-15-18-35(19-16-33)53(4,5)6)47(67)62-39(21-22-57-51(71)75-54(7,8)9)49(69)64(13)43-34-17-20-41(74-24-23-58-52(72)76-55(10,11)12)36(28-34)37-25-32(26-38(56)44(37)65)27-40(50(70)73-14)63-46(66)31(3)61-48(43)68/h15-20,25-26,28,31,39-40,43,65H,21-24,27H2,1-14H3,(H,57,71)(H,58,72)(H,61,68)(H,62,67)(H,63,66)/t31-,39-,40-,43-/m0/s1. The summed E-state index contributed by atoms with van der Waals surface area (Å²) >= 11 is 0. The van der Waals surface area contributed by atoms with Crippen LogP contribution in [0, 0.1) is 19.7 Å². The number of alkyl carbamates (subject to hydrolysis) is 2. The molecule has 4 atom stereocenters. The normalized spacial score (nSPS) is 16.4. The van der Waals surface area contributed by atoms with Gasteiger partial charge in [0.1, 0.15) is 47.7 Å². The van der Waals surface area contributed by atoms with Gasteiger partial charge in [-0.05, 0) is 115 Å². The second kappa shape index (κ2) is 24.2. The smallest absolute Gasteiger partial charge is 0.407 e. The van der Waals surface area contributed by atoms with Gasteiger partial charge in [0.2, 0.25) is 17.7 Å². The predicted octanol–water partition coefficient (Wildman–Crippen LogP) is 6.40. The Bertz CT molecular complexity index is 2810. The fraction of sp³-hybridized carbons (Fsp3) is 0.473. The van der Waals surface area contributed by atoms with E-state index in [-0.39, 0.29) is 71.5 Å². The van der Waals surface area contributed by atoms with Gasteiger partial charge in [0.25, 0.3) is 5.91 Å². The Hall–Kier alpha value is -7.84. The quantitative estimate of drug-likeness (QED) is 0.0481. The number of phenols is 1. The maximum Gasteiger partial charge on any atom is 0.407 e. The van der Waals surface area contributed by atoms with Crippen molar-refractivity contribution in [3.8, 4) is 34.0 Å². The van der Waals surface area contributed by atoms with Crippen LogP contribution in [-0.2, 0) is 45.2 Å². The van der Waals surface area contributed by atoms with Crippen molar-refractivity contribution < 1.29 is 62.0 Å². The van der Waals surface area contributed by atoms with Gasteiger partial charge in [-0.2, -0.15) is 0 Å². The zero-order valence-electron chi connectivity index (χ0n) is 45.7. The van der Waals surface area contributed by atoms with Gasteiger partial charge in [-0.25, -0.2) is 28.7 Å². The van der Waals surface area contributed by atoms with Gasteiger partial charge in [-0.15, -0.1) is 0 Å². The number of hydrogen-bond acceptors (Lipinski definition) is 14. The highest BCUT2D eigenvalue weighted by molar-refractivity contribution is 6.00. The van der Waals surface area contributed by atoms with E-state index in [4.69, 9.17) is 18.9 Å². The summed E-state index contributed by atoms with van der Waals surface area (Å²) < 4.78 is 37.7. The highest BCUT2D eigenvalue weighted by Gasteiger charge is 2.37. The summed E-state index contributed by atoms with van der Waals surface area (Å²) in [5, 5.41) is 24.5. The number of aromatic hydroxyl groups is 1. The molecule has 0 radical (unpaired) electrons. The second-order valence-electron chi connectivity index (χ2n) is 21.5. The van der Waals surface area contributed by atoms with Crippen molar-refractivity contribution in [3.63, 3.8) is 0 Å². The second-order valence-corrected chi connectivity index (χ2v) is 21.5. The number of hydrogen-bond donors (Lipinski definition) is 6. The SMILES string of the molecule is COC(=O)[C@@H]1Cc2cc(F)c(O)c(c2)-c2cc(ccc2OCCNC(=O)OC(C)(C)C)[C@H](N(C)C(=O)[C@H](CCNC(=O)OC(C)(C)C)NC(=O)c2c(C)nc(-c3ccc(C(C)(C)C)cc3)nc2C)C(=O)N[C@@H](C)C(=O)N1. The van der Waals surface area contributed by atoms with Crippen LogP contribution in [-0.4, -0.2) is 125 Å². The van der Waals surface area contributed by atoms with Crippen LogP contribution in [0.2, 0.25) is 0 Å². The lowest BCUT2D eigenvalue weighted by atomic mass is 9.86. The maximum atomic E-state index is 15.9. The van der Waals surface area contributed by atoms with E-state index in [1.165, 1.54) is 38.2 Å². The van der Waals surface area contributed by atoms with E-state index >= 15 is 9.18 Å². The summed E-state index contributed by atoms with van der Waals surface area (Å²) in [6.45, 7) is 20.6. The summed E-state index contributed by atoms with van der Waals surface area (Å²) in [6.07, 6.45) is -2.05. The number of benzene rings is 3. The van der Waals surface area contributed by atoms with Crippen LogP contribution in [0.5, 0.6) is 11.5 Å². The lowest BCUT2D eigenvalue weighted by Crippen LogP contribution is -2.55. The summed E-state index contributed by atoms with van der Waals surface area (Å²) in [5.41, 5.74) is 0.817. The van der Waals surface area contributed by atoms with Crippen LogP contribution in [0.15, 0.2) is 54.6 Å². The number of fused-ring (bicyclic) bond motifs is 5.